The monoisotopic (exact) mass is 203 g/mol. The summed E-state index contributed by atoms with van der Waals surface area (Å²) >= 11 is 0. The first-order chi connectivity index (χ1) is 7.38. The lowest BCUT2D eigenvalue weighted by Gasteiger charge is -2.16. The maximum atomic E-state index is 3.89. The Labute approximate surface area is 91.3 Å². The fourth-order valence-electron chi connectivity index (χ4n) is 1.48. The Hall–Kier alpha value is -1.40. The molecule has 1 unspecified atom stereocenters. The zero-order valence-corrected chi connectivity index (χ0v) is 9.33. The average molecular weight is 203 g/mol. The molecule has 0 aliphatic heterocycles. The predicted octanol–water partition coefficient (Wildman–Crippen LogP) is 1.93. The highest BCUT2D eigenvalue weighted by atomic mass is 15.1. The highest BCUT2D eigenvalue weighted by molar-refractivity contribution is 5.12. The molecule has 1 atom stereocenters. The van der Waals surface area contributed by atoms with Crippen molar-refractivity contribution in [2.45, 2.75) is 32.7 Å². The molecule has 3 heteroatoms. The summed E-state index contributed by atoms with van der Waals surface area (Å²) in [7, 11) is 0. The summed E-state index contributed by atoms with van der Waals surface area (Å²) in [5.74, 6) is 5.99. The summed E-state index contributed by atoms with van der Waals surface area (Å²) < 4.78 is 0. The minimum atomic E-state index is 0.339. The number of aromatic nitrogens is 2. The van der Waals surface area contributed by atoms with Crippen molar-refractivity contribution in [1.82, 2.24) is 15.5 Å². The van der Waals surface area contributed by atoms with Gasteiger partial charge in [-0.25, -0.2) is 0 Å². The predicted molar refractivity (Wildman–Crippen MR) is 61.1 cm³/mol. The second-order valence-corrected chi connectivity index (χ2v) is 3.25. The lowest BCUT2D eigenvalue weighted by Crippen LogP contribution is -2.20. The summed E-state index contributed by atoms with van der Waals surface area (Å²) in [5, 5.41) is 11.1. The first-order valence-corrected chi connectivity index (χ1v) is 5.28. The van der Waals surface area contributed by atoms with Gasteiger partial charge in [0.05, 0.1) is 6.20 Å². The molecular weight excluding hydrogens is 186 g/mol. The number of hydrogen-bond donors (Lipinski definition) is 1. The lowest BCUT2D eigenvalue weighted by atomic mass is 10.0. The molecule has 15 heavy (non-hydrogen) atoms. The average Bonchev–Trinajstić information content (AvgIpc) is 2.29. The summed E-state index contributed by atoms with van der Waals surface area (Å²) in [6.07, 6.45) is 5.47. The highest BCUT2D eigenvalue weighted by Gasteiger charge is 2.08. The summed E-state index contributed by atoms with van der Waals surface area (Å²) in [4.78, 5) is 0. The molecule has 0 bridgehead atoms. The third-order valence-corrected chi connectivity index (χ3v) is 2.19. The van der Waals surface area contributed by atoms with E-state index in [1.165, 1.54) is 5.56 Å². The van der Waals surface area contributed by atoms with Crippen LogP contribution in [0.5, 0.6) is 0 Å². The van der Waals surface area contributed by atoms with Gasteiger partial charge in [0.1, 0.15) is 0 Å². The van der Waals surface area contributed by atoms with Crippen LogP contribution in [-0.2, 0) is 0 Å². The van der Waals surface area contributed by atoms with Crippen LogP contribution in [-0.4, -0.2) is 16.7 Å². The second kappa shape index (κ2) is 6.97. The molecule has 0 amide bonds. The molecule has 1 rings (SSSR count). The topological polar surface area (TPSA) is 37.8 Å². The minimum Gasteiger partial charge on any atom is -0.310 e. The van der Waals surface area contributed by atoms with Gasteiger partial charge in [0.15, 0.2) is 0 Å². The van der Waals surface area contributed by atoms with Crippen molar-refractivity contribution in [3.63, 3.8) is 0 Å². The van der Waals surface area contributed by atoms with Crippen LogP contribution in [0.15, 0.2) is 18.5 Å². The van der Waals surface area contributed by atoms with Gasteiger partial charge in [-0.2, -0.15) is 10.2 Å². The van der Waals surface area contributed by atoms with Crippen LogP contribution in [0, 0.1) is 11.8 Å². The van der Waals surface area contributed by atoms with Crippen LogP contribution in [0.25, 0.3) is 0 Å². The van der Waals surface area contributed by atoms with Crippen molar-refractivity contribution in [2.75, 3.05) is 6.54 Å². The van der Waals surface area contributed by atoms with Crippen molar-refractivity contribution in [2.24, 2.45) is 0 Å². The van der Waals surface area contributed by atoms with Gasteiger partial charge in [0.2, 0.25) is 0 Å². The number of nitrogens with zero attached hydrogens (tertiary/aromatic N) is 2. The van der Waals surface area contributed by atoms with Gasteiger partial charge >= 0.3 is 0 Å². The molecule has 0 aromatic carbocycles. The summed E-state index contributed by atoms with van der Waals surface area (Å²) in [5.41, 5.74) is 1.18. The van der Waals surface area contributed by atoms with Gasteiger partial charge in [-0.1, -0.05) is 6.92 Å². The smallest absolute Gasteiger partial charge is 0.0544 e. The molecule has 80 valence electrons. The Morgan fingerprint density at radius 3 is 2.93 bits per heavy atom. The molecule has 0 fully saturated rings. The minimum absolute atomic E-state index is 0.339. The molecule has 0 aliphatic rings. The number of hydrogen-bond acceptors (Lipinski definition) is 3. The van der Waals surface area contributed by atoms with Crippen LogP contribution in [0.4, 0.5) is 0 Å². The largest absolute Gasteiger partial charge is 0.310 e. The zero-order chi connectivity index (χ0) is 10.9. The standard InChI is InChI=1S/C12H17N3/c1-3-5-6-7-12(13-4-2)11-8-9-14-15-10-11/h8-10,12-13H,4,6-7H2,1-2H3. The van der Waals surface area contributed by atoms with E-state index in [1.807, 2.05) is 19.2 Å². The molecule has 0 aliphatic carbocycles. The quantitative estimate of drug-likeness (QED) is 0.743. The first-order valence-electron chi connectivity index (χ1n) is 5.28. The van der Waals surface area contributed by atoms with Crippen molar-refractivity contribution >= 4 is 0 Å². The maximum Gasteiger partial charge on any atom is 0.0544 e. The van der Waals surface area contributed by atoms with Crippen LogP contribution in [0.2, 0.25) is 0 Å². The van der Waals surface area contributed by atoms with Crippen molar-refractivity contribution < 1.29 is 0 Å². The van der Waals surface area contributed by atoms with E-state index in [9.17, 15) is 0 Å². The Bertz CT molecular complexity index is 324. The van der Waals surface area contributed by atoms with E-state index in [4.69, 9.17) is 0 Å². The Kier molecular flexibility index (Phi) is 5.42. The molecule has 0 saturated carbocycles. The summed E-state index contributed by atoms with van der Waals surface area (Å²) in [6, 6.07) is 2.34. The van der Waals surface area contributed by atoms with Gasteiger partial charge in [-0.3, -0.25) is 0 Å². The molecule has 0 spiro atoms. The van der Waals surface area contributed by atoms with E-state index >= 15 is 0 Å². The Morgan fingerprint density at radius 2 is 2.33 bits per heavy atom. The van der Waals surface area contributed by atoms with Crippen LogP contribution in [0.3, 0.4) is 0 Å². The van der Waals surface area contributed by atoms with E-state index < -0.39 is 0 Å². The van der Waals surface area contributed by atoms with Crippen LogP contribution >= 0.6 is 0 Å². The van der Waals surface area contributed by atoms with Gasteiger partial charge in [0, 0.05) is 18.7 Å². The van der Waals surface area contributed by atoms with E-state index in [-0.39, 0.29) is 0 Å². The zero-order valence-electron chi connectivity index (χ0n) is 9.33. The van der Waals surface area contributed by atoms with E-state index in [2.05, 4.69) is 34.3 Å². The third-order valence-electron chi connectivity index (χ3n) is 2.19. The van der Waals surface area contributed by atoms with Crippen LogP contribution in [0.1, 0.15) is 38.3 Å². The fraction of sp³-hybridized carbons (Fsp3) is 0.500. The molecule has 1 N–H and O–H groups in total. The summed E-state index contributed by atoms with van der Waals surface area (Å²) in [6.45, 7) is 4.93. The van der Waals surface area contributed by atoms with Crippen molar-refractivity contribution in [3.05, 3.63) is 24.0 Å². The van der Waals surface area contributed by atoms with Gasteiger partial charge < -0.3 is 5.32 Å². The number of nitrogens with one attached hydrogen (secondary N) is 1. The normalized spacial score (nSPS) is 11.6. The van der Waals surface area contributed by atoms with E-state index in [0.717, 1.165) is 19.4 Å². The Morgan fingerprint density at radius 1 is 1.47 bits per heavy atom. The molecule has 1 heterocycles. The van der Waals surface area contributed by atoms with Crippen LogP contribution < -0.4 is 5.32 Å². The Balaban J connectivity index is 2.60. The molecule has 3 nitrogen and oxygen atoms in total. The van der Waals surface area contributed by atoms with E-state index in [1.54, 1.807) is 6.20 Å². The SMILES string of the molecule is CC#CCCC(NCC)c1ccnnc1. The van der Waals surface area contributed by atoms with Gasteiger partial charge in [-0.05, 0) is 31.5 Å². The maximum absolute atomic E-state index is 3.89. The molecule has 1 aromatic heterocycles. The third kappa shape index (κ3) is 4.09. The molecular formula is C12H17N3. The van der Waals surface area contributed by atoms with Gasteiger partial charge in [-0.15, -0.1) is 11.8 Å². The van der Waals surface area contributed by atoms with Crippen molar-refractivity contribution in [1.29, 1.82) is 0 Å². The first kappa shape index (κ1) is 11.7. The van der Waals surface area contributed by atoms with E-state index in [0.29, 0.717) is 6.04 Å². The molecule has 0 saturated heterocycles. The van der Waals surface area contributed by atoms with Crippen molar-refractivity contribution in [3.8, 4) is 11.8 Å². The fourth-order valence-corrected chi connectivity index (χ4v) is 1.48. The second-order valence-electron chi connectivity index (χ2n) is 3.25. The van der Waals surface area contributed by atoms with Gasteiger partial charge in [0.25, 0.3) is 0 Å². The number of rotatable bonds is 5. The lowest BCUT2D eigenvalue weighted by molar-refractivity contribution is 0.520. The molecule has 1 aromatic rings. The molecule has 0 radical (unpaired) electrons. The highest BCUT2D eigenvalue weighted by Crippen LogP contribution is 2.16.